The van der Waals surface area contributed by atoms with Gasteiger partial charge in [0.15, 0.2) is 0 Å². The standard InChI is InChI=1S/C12H14FNO/c1-8-2-4-11(13)9(6-8)7-10-3-5-12(15)14-10/h2,4,6,10H,3,5,7H2,1H3,(H,14,15). The van der Waals surface area contributed by atoms with Crippen LogP contribution in [0.5, 0.6) is 0 Å². The Labute approximate surface area is 88.5 Å². The average Bonchev–Trinajstić information content (AvgIpc) is 2.58. The first-order valence-electron chi connectivity index (χ1n) is 5.19. The van der Waals surface area contributed by atoms with Crippen molar-refractivity contribution in [3.05, 3.63) is 35.1 Å². The maximum Gasteiger partial charge on any atom is 0.220 e. The van der Waals surface area contributed by atoms with Crippen molar-refractivity contribution in [3.63, 3.8) is 0 Å². The lowest BCUT2D eigenvalue weighted by molar-refractivity contribution is -0.119. The first-order valence-corrected chi connectivity index (χ1v) is 5.19. The molecule has 3 heteroatoms. The molecule has 1 atom stereocenters. The molecule has 0 aliphatic carbocycles. The van der Waals surface area contributed by atoms with Crippen molar-refractivity contribution in [2.75, 3.05) is 0 Å². The third-order valence-electron chi connectivity index (χ3n) is 2.75. The summed E-state index contributed by atoms with van der Waals surface area (Å²) in [5.41, 5.74) is 1.75. The minimum Gasteiger partial charge on any atom is -0.353 e. The van der Waals surface area contributed by atoms with Crippen LogP contribution in [0.4, 0.5) is 4.39 Å². The Morgan fingerprint density at radius 1 is 1.53 bits per heavy atom. The van der Waals surface area contributed by atoms with Crippen LogP contribution in [0.2, 0.25) is 0 Å². The molecule has 1 fully saturated rings. The van der Waals surface area contributed by atoms with E-state index in [-0.39, 0.29) is 17.8 Å². The van der Waals surface area contributed by atoms with E-state index in [0.717, 1.165) is 12.0 Å². The number of amides is 1. The van der Waals surface area contributed by atoms with Gasteiger partial charge in [0.25, 0.3) is 0 Å². The summed E-state index contributed by atoms with van der Waals surface area (Å²) in [7, 11) is 0. The van der Waals surface area contributed by atoms with Gasteiger partial charge in [-0.25, -0.2) is 4.39 Å². The van der Waals surface area contributed by atoms with E-state index in [1.807, 2.05) is 13.0 Å². The van der Waals surface area contributed by atoms with E-state index in [4.69, 9.17) is 0 Å². The molecule has 2 rings (SSSR count). The van der Waals surface area contributed by atoms with E-state index in [1.165, 1.54) is 6.07 Å². The highest BCUT2D eigenvalue weighted by Gasteiger charge is 2.21. The molecule has 0 radical (unpaired) electrons. The second kappa shape index (κ2) is 4.01. The lowest BCUT2D eigenvalue weighted by Crippen LogP contribution is -2.27. The number of hydrogen-bond acceptors (Lipinski definition) is 1. The van der Waals surface area contributed by atoms with Crippen molar-refractivity contribution in [1.82, 2.24) is 5.32 Å². The van der Waals surface area contributed by atoms with Crippen LogP contribution in [0.15, 0.2) is 18.2 Å². The van der Waals surface area contributed by atoms with Gasteiger partial charge in [0.1, 0.15) is 5.82 Å². The molecule has 1 saturated heterocycles. The Morgan fingerprint density at radius 3 is 3.00 bits per heavy atom. The molecule has 0 aromatic heterocycles. The summed E-state index contributed by atoms with van der Waals surface area (Å²) in [5, 5.41) is 2.84. The molecule has 1 aromatic carbocycles. The number of rotatable bonds is 2. The summed E-state index contributed by atoms with van der Waals surface area (Å²) in [6.07, 6.45) is 1.98. The molecule has 1 aliphatic heterocycles. The monoisotopic (exact) mass is 207 g/mol. The maximum atomic E-state index is 13.4. The van der Waals surface area contributed by atoms with Crippen molar-refractivity contribution < 1.29 is 9.18 Å². The lowest BCUT2D eigenvalue weighted by atomic mass is 10.0. The van der Waals surface area contributed by atoms with Gasteiger partial charge in [0.05, 0.1) is 0 Å². The van der Waals surface area contributed by atoms with Gasteiger partial charge < -0.3 is 5.32 Å². The molecule has 1 unspecified atom stereocenters. The quantitative estimate of drug-likeness (QED) is 0.789. The molecular weight excluding hydrogens is 193 g/mol. The molecule has 0 bridgehead atoms. The van der Waals surface area contributed by atoms with Crippen molar-refractivity contribution in [3.8, 4) is 0 Å². The van der Waals surface area contributed by atoms with Gasteiger partial charge in [-0.3, -0.25) is 4.79 Å². The molecule has 1 N–H and O–H groups in total. The zero-order chi connectivity index (χ0) is 10.8. The van der Waals surface area contributed by atoms with Gasteiger partial charge in [-0.05, 0) is 31.4 Å². The Bertz CT molecular complexity index is 389. The van der Waals surface area contributed by atoms with Crippen molar-refractivity contribution >= 4 is 5.91 Å². The highest BCUT2D eigenvalue weighted by molar-refractivity contribution is 5.78. The number of halogens is 1. The fourth-order valence-corrected chi connectivity index (χ4v) is 1.96. The van der Waals surface area contributed by atoms with Crippen LogP contribution in [0.1, 0.15) is 24.0 Å². The minimum atomic E-state index is -0.179. The number of benzene rings is 1. The Kier molecular flexibility index (Phi) is 2.71. The predicted molar refractivity (Wildman–Crippen MR) is 56.0 cm³/mol. The van der Waals surface area contributed by atoms with Gasteiger partial charge >= 0.3 is 0 Å². The van der Waals surface area contributed by atoms with E-state index in [1.54, 1.807) is 6.07 Å². The number of carbonyl (C=O) groups is 1. The zero-order valence-corrected chi connectivity index (χ0v) is 8.72. The number of nitrogens with one attached hydrogen (secondary N) is 1. The molecule has 80 valence electrons. The topological polar surface area (TPSA) is 29.1 Å². The fourth-order valence-electron chi connectivity index (χ4n) is 1.96. The van der Waals surface area contributed by atoms with E-state index < -0.39 is 0 Å². The second-order valence-electron chi connectivity index (χ2n) is 4.10. The summed E-state index contributed by atoms with van der Waals surface area (Å²) in [6, 6.07) is 5.20. The molecule has 1 heterocycles. The lowest BCUT2D eigenvalue weighted by Gasteiger charge is -2.11. The van der Waals surface area contributed by atoms with E-state index in [9.17, 15) is 9.18 Å². The van der Waals surface area contributed by atoms with Gasteiger partial charge in [0, 0.05) is 12.5 Å². The molecule has 1 aliphatic rings. The zero-order valence-electron chi connectivity index (χ0n) is 8.72. The third-order valence-corrected chi connectivity index (χ3v) is 2.75. The Morgan fingerprint density at radius 2 is 2.33 bits per heavy atom. The van der Waals surface area contributed by atoms with Crippen LogP contribution >= 0.6 is 0 Å². The SMILES string of the molecule is Cc1ccc(F)c(CC2CCC(=O)N2)c1. The van der Waals surface area contributed by atoms with Gasteiger partial charge in [-0.2, -0.15) is 0 Å². The predicted octanol–water partition coefficient (Wildman–Crippen LogP) is 1.96. The molecule has 1 amide bonds. The van der Waals surface area contributed by atoms with Gasteiger partial charge in [-0.1, -0.05) is 17.7 Å². The smallest absolute Gasteiger partial charge is 0.220 e. The normalized spacial score (nSPS) is 20.4. The van der Waals surface area contributed by atoms with Crippen molar-refractivity contribution in [1.29, 1.82) is 0 Å². The molecular formula is C12H14FNO. The third kappa shape index (κ3) is 2.35. The molecule has 0 saturated carbocycles. The van der Waals surface area contributed by atoms with Crippen molar-refractivity contribution in [2.24, 2.45) is 0 Å². The summed E-state index contributed by atoms with van der Waals surface area (Å²) in [5.74, 6) is -0.102. The van der Waals surface area contributed by atoms with Crippen LogP contribution in [-0.2, 0) is 11.2 Å². The first kappa shape index (κ1) is 10.1. The average molecular weight is 207 g/mol. The molecule has 15 heavy (non-hydrogen) atoms. The summed E-state index contributed by atoms with van der Waals surface area (Å²) in [4.78, 5) is 11.0. The summed E-state index contributed by atoms with van der Waals surface area (Å²) >= 11 is 0. The number of aryl methyl sites for hydroxylation is 1. The van der Waals surface area contributed by atoms with Crippen LogP contribution < -0.4 is 5.32 Å². The Hall–Kier alpha value is -1.38. The number of carbonyl (C=O) groups excluding carboxylic acids is 1. The summed E-state index contributed by atoms with van der Waals surface area (Å²) in [6.45, 7) is 1.94. The van der Waals surface area contributed by atoms with Crippen LogP contribution in [0.3, 0.4) is 0 Å². The molecule has 2 nitrogen and oxygen atoms in total. The molecule has 0 spiro atoms. The van der Waals surface area contributed by atoms with E-state index in [2.05, 4.69) is 5.32 Å². The first-order chi connectivity index (χ1) is 7.15. The highest BCUT2D eigenvalue weighted by Crippen LogP contribution is 2.16. The Balaban J connectivity index is 2.10. The van der Waals surface area contributed by atoms with E-state index in [0.29, 0.717) is 18.4 Å². The largest absolute Gasteiger partial charge is 0.353 e. The molecule has 1 aromatic rings. The number of hydrogen-bond donors (Lipinski definition) is 1. The highest BCUT2D eigenvalue weighted by atomic mass is 19.1. The van der Waals surface area contributed by atoms with Crippen molar-refractivity contribution in [2.45, 2.75) is 32.2 Å². The fraction of sp³-hybridized carbons (Fsp3) is 0.417. The van der Waals surface area contributed by atoms with Crippen LogP contribution in [0, 0.1) is 12.7 Å². The van der Waals surface area contributed by atoms with Crippen LogP contribution in [-0.4, -0.2) is 11.9 Å². The van der Waals surface area contributed by atoms with Gasteiger partial charge in [-0.15, -0.1) is 0 Å². The van der Waals surface area contributed by atoms with Crippen LogP contribution in [0.25, 0.3) is 0 Å². The second-order valence-corrected chi connectivity index (χ2v) is 4.10. The maximum absolute atomic E-state index is 13.4. The van der Waals surface area contributed by atoms with E-state index >= 15 is 0 Å². The van der Waals surface area contributed by atoms with Gasteiger partial charge in [0.2, 0.25) is 5.91 Å². The minimum absolute atomic E-state index is 0.0769. The summed E-state index contributed by atoms with van der Waals surface area (Å²) < 4.78 is 13.4.